The van der Waals surface area contributed by atoms with E-state index in [-0.39, 0.29) is 6.61 Å². The number of nitrogens with zero attached hydrogens (tertiary/aromatic N) is 1. The summed E-state index contributed by atoms with van der Waals surface area (Å²) < 4.78 is 40.3. The second-order valence-corrected chi connectivity index (χ2v) is 4.83. The topological polar surface area (TPSA) is 24.5 Å². The van der Waals surface area contributed by atoms with Gasteiger partial charge in [-0.1, -0.05) is 6.92 Å². The number of ether oxygens (including phenoxy) is 1. The molecule has 1 rings (SSSR count). The van der Waals surface area contributed by atoms with Crippen LogP contribution in [0.25, 0.3) is 0 Å². The normalized spacial score (nSPS) is 26.5. The molecule has 0 spiro atoms. The molecule has 1 aliphatic rings. The van der Waals surface area contributed by atoms with Gasteiger partial charge < -0.3 is 10.1 Å². The Hall–Kier alpha value is -0.330. The zero-order valence-corrected chi connectivity index (χ0v) is 11.1. The maximum atomic E-state index is 11.9. The third-order valence-corrected chi connectivity index (χ3v) is 3.30. The van der Waals surface area contributed by atoms with E-state index in [4.69, 9.17) is 0 Å². The Labute approximate surface area is 107 Å². The maximum Gasteiger partial charge on any atom is 0.411 e. The molecule has 1 saturated heterocycles. The van der Waals surface area contributed by atoms with Crippen molar-refractivity contribution in [3.63, 3.8) is 0 Å². The molecule has 0 aromatic heterocycles. The van der Waals surface area contributed by atoms with Crippen LogP contribution in [0.3, 0.4) is 0 Å². The Morgan fingerprint density at radius 3 is 2.67 bits per heavy atom. The number of hydrogen-bond acceptors (Lipinski definition) is 3. The maximum absolute atomic E-state index is 11.9. The van der Waals surface area contributed by atoms with Crippen molar-refractivity contribution in [3.8, 4) is 0 Å². The average Bonchev–Trinajstić information content (AvgIpc) is 2.26. The van der Waals surface area contributed by atoms with E-state index in [0.29, 0.717) is 18.6 Å². The van der Waals surface area contributed by atoms with Crippen molar-refractivity contribution < 1.29 is 17.9 Å². The molecule has 18 heavy (non-hydrogen) atoms. The first-order valence-corrected chi connectivity index (χ1v) is 6.54. The van der Waals surface area contributed by atoms with Gasteiger partial charge in [0.15, 0.2) is 0 Å². The van der Waals surface area contributed by atoms with Gasteiger partial charge in [-0.3, -0.25) is 4.90 Å². The molecular formula is C12H23F3N2O. The Balaban J connectivity index is 2.16. The number of alkyl halides is 3. The molecule has 6 heteroatoms. The summed E-state index contributed by atoms with van der Waals surface area (Å²) in [6.45, 7) is 5.68. The molecule has 3 nitrogen and oxygen atoms in total. The quantitative estimate of drug-likeness (QED) is 0.746. The number of hydrogen-bond donors (Lipinski definition) is 1. The van der Waals surface area contributed by atoms with E-state index >= 15 is 0 Å². The van der Waals surface area contributed by atoms with E-state index in [0.717, 1.165) is 25.9 Å². The van der Waals surface area contributed by atoms with Gasteiger partial charge >= 0.3 is 6.18 Å². The number of nitrogens with one attached hydrogen (secondary N) is 1. The fourth-order valence-electron chi connectivity index (χ4n) is 2.40. The molecule has 0 aromatic carbocycles. The van der Waals surface area contributed by atoms with Gasteiger partial charge in [-0.25, -0.2) is 0 Å². The van der Waals surface area contributed by atoms with Crippen LogP contribution in [-0.2, 0) is 4.74 Å². The van der Waals surface area contributed by atoms with Gasteiger partial charge in [0.25, 0.3) is 0 Å². The largest absolute Gasteiger partial charge is 0.411 e. The van der Waals surface area contributed by atoms with Gasteiger partial charge in [0.1, 0.15) is 6.61 Å². The van der Waals surface area contributed by atoms with E-state index in [1.54, 1.807) is 0 Å². The SMILES string of the molecule is CCNC1CCN(CCOCC(F)(F)F)C(C)C1. The van der Waals surface area contributed by atoms with Crippen molar-refractivity contribution in [1.29, 1.82) is 0 Å². The van der Waals surface area contributed by atoms with Crippen LogP contribution in [0.5, 0.6) is 0 Å². The third kappa shape index (κ3) is 6.02. The molecule has 1 heterocycles. The van der Waals surface area contributed by atoms with Gasteiger partial charge in [-0.05, 0) is 32.9 Å². The van der Waals surface area contributed by atoms with Crippen LogP contribution >= 0.6 is 0 Å². The minimum absolute atomic E-state index is 0.149. The van der Waals surface area contributed by atoms with Gasteiger partial charge in [0.05, 0.1) is 6.61 Å². The zero-order valence-electron chi connectivity index (χ0n) is 11.1. The minimum Gasteiger partial charge on any atom is -0.371 e. The van der Waals surface area contributed by atoms with Crippen molar-refractivity contribution >= 4 is 0 Å². The first-order chi connectivity index (χ1) is 8.42. The molecule has 0 saturated carbocycles. The molecule has 1 fully saturated rings. The van der Waals surface area contributed by atoms with E-state index in [9.17, 15) is 13.2 Å². The van der Waals surface area contributed by atoms with Crippen LogP contribution in [0, 0.1) is 0 Å². The molecule has 1 aliphatic heterocycles. The summed E-state index contributed by atoms with van der Waals surface area (Å²) in [7, 11) is 0. The Kier molecular flexibility index (Phi) is 6.38. The third-order valence-electron chi connectivity index (χ3n) is 3.30. The summed E-state index contributed by atoms with van der Waals surface area (Å²) in [5.74, 6) is 0. The highest BCUT2D eigenvalue weighted by atomic mass is 19.4. The van der Waals surface area contributed by atoms with Crippen molar-refractivity contribution in [1.82, 2.24) is 10.2 Å². The number of rotatable bonds is 6. The van der Waals surface area contributed by atoms with E-state index in [1.165, 1.54) is 0 Å². The fourth-order valence-corrected chi connectivity index (χ4v) is 2.40. The molecule has 0 aliphatic carbocycles. The lowest BCUT2D eigenvalue weighted by Crippen LogP contribution is -2.48. The van der Waals surface area contributed by atoms with Gasteiger partial charge in [0.2, 0.25) is 0 Å². The van der Waals surface area contributed by atoms with Gasteiger partial charge in [0, 0.05) is 18.6 Å². The summed E-state index contributed by atoms with van der Waals surface area (Å²) in [6, 6.07) is 0.939. The summed E-state index contributed by atoms with van der Waals surface area (Å²) in [4.78, 5) is 2.20. The summed E-state index contributed by atoms with van der Waals surface area (Å²) in [6.07, 6.45) is -2.12. The van der Waals surface area contributed by atoms with Crippen molar-refractivity contribution in [3.05, 3.63) is 0 Å². The number of piperidine rings is 1. The first-order valence-electron chi connectivity index (χ1n) is 6.54. The average molecular weight is 268 g/mol. The molecule has 2 unspecified atom stereocenters. The monoisotopic (exact) mass is 268 g/mol. The van der Waals surface area contributed by atoms with Crippen LogP contribution in [0.15, 0.2) is 0 Å². The standard InChI is InChI=1S/C12H23F3N2O/c1-3-16-11-4-5-17(10(2)8-11)6-7-18-9-12(13,14)15/h10-11,16H,3-9H2,1-2H3. The van der Waals surface area contributed by atoms with Gasteiger partial charge in [-0.15, -0.1) is 0 Å². The Morgan fingerprint density at radius 2 is 2.11 bits per heavy atom. The van der Waals surface area contributed by atoms with E-state index in [1.807, 2.05) is 0 Å². The van der Waals surface area contributed by atoms with Crippen LogP contribution in [0.1, 0.15) is 26.7 Å². The van der Waals surface area contributed by atoms with Crippen molar-refractivity contribution in [2.75, 3.05) is 32.8 Å². The molecule has 108 valence electrons. The Morgan fingerprint density at radius 1 is 1.39 bits per heavy atom. The second-order valence-electron chi connectivity index (χ2n) is 4.83. The lowest BCUT2D eigenvalue weighted by atomic mass is 9.98. The van der Waals surface area contributed by atoms with Crippen LogP contribution in [-0.4, -0.2) is 56.0 Å². The summed E-state index contributed by atoms with van der Waals surface area (Å²) >= 11 is 0. The van der Waals surface area contributed by atoms with Crippen molar-refractivity contribution in [2.24, 2.45) is 0 Å². The molecule has 0 aromatic rings. The number of likely N-dealkylation sites (tertiary alicyclic amines) is 1. The minimum atomic E-state index is -4.22. The predicted molar refractivity (Wildman–Crippen MR) is 64.6 cm³/mol. The van der Waals surface area contributed by atoms with Crippen LogP contribution in [0.4, 0.5) is 13.2 Å². The zero-order chi connectivity index (χ0) is 13.6. The summed E-state index contributed by atoms with van der Waals surface area (Å²) in [5.41, 5.74) is 0. The van der Waals surface area contributed by atoms with E-state index in [2.05, 4.69) is 28.8 Å². The molecule has 0 amide bonds. The number of halogens is 3. The smallest absolute Gasteiger partial charge is 0.371 e. The highest BCUT2D eigenvalue weighted by Gasteiger charge is 2.28. The lowest BCUT2D eigenvalue weighted by Gasteiger charge is -2.37. The second kappa shape index (κ2) is 7.31. The lowest BCUT2D eigenvalue weighted by molar-refractivity contribution is -0.175. The molecule has 1 N–H and O–H groups in total. The molecule has 2 atom stereocenters. The molecule has 0 bridgehead atoms. The molecule has 0 radical (unpaired) electrons. The van der Waals surface area contributed by atoms with E-state index < -0.39 is 12.8 Å². The highest BCUT2D eigenvalue weighted by molar-refractivity contribution is 4.82. The molecular weight excluding hydrogens is 245 g/mol. The van der Waals surface area contributed by atoms with Crippen molar-refractivity contribution in [2.45, 2.75) is 44.9 Å². The van der Waals surface area contributed by atoms with Crippen LogP contribution in [0.2, 0.25) is 0 Å². The van der Waals surface area contributed by atoms with Gasteiger partial charge in [-0.2, -0.15) is 13.2 Å². The fraction of sp³-hybridized carbons (Fsp3) is 1.00. The highest BCUT2D eigenvalue weighted by Crippen LogP contribution is 2.17. The predicted octanol–water partition coefficient (Wildman–Crippen LogP) is 2.03. The summed E-state index contributed by atoms with van der Waals surface area (Å²) in [5, 5.41) is 3.42. The first kappa shape index (κ1) is 15.7. The Bertz CT molecular complexity index is 236. The van der Waals surface area contributed by atoms with Crippen LogP contribution < -0.4 is 5.32 Å².